The van der Waals surface area contributed by atoms with Gasteiger partial charge in [-0.05, 0) is 62.6 Å². The zero-order valence-electron chi connectivity index (χ0n) is 19.4. The van der Waals surface area contributed by atoms with Gasteiger partial charge in [0.2, 0.25) is 11.8 Å². The molecule has 6 heteroatoms. The zero-order chi connectivity index (χ0) is 23.0. The average molecular weight is 427 g/mol. The summed E-state index contributed by atoms with van der Waals surface area (Å²) in [6.07, 6.45) is 0.716. The first-order valence-electron chi connectivity index (χ1n) is 10.5. The van der Waals surface area contributed by atoms with Crippen molar-refractivity contribution < 1.29 is 19.1 Å². The number of ether oxygens (including phenoxy) is 2. The van der Waals surface area contributed by atoms with Gasteiger partial charge in [0.1, 0.15) is 17.5 Å². The molecular formula is C25H34N2O4. The van der Waals surface area contributed by atoms with Gasteiger partial charge in [-0.2, -0.15) is 0 Å². The van der Waals surface area contributed by atoms with Gasteiger partial charge in [-0.25, -0.2) is 0 Å². The lowest BCUT2D eigenvalue weighted by atomic mass is 10.0. The minimum absolute atomic E-state index is 0.108. The Hall–Kier alpha value is -3.02. The number of carbonyl (C=O) groups is 2. The number of amides is 2. The van der Waals surface area contributed by atoms with E-state index in [1.807, 2.05) is 76.2 Å². The second-order valence-corrected chi connectivity index (χ2v) is 8.56. The average Bonchev–Trinajstić information content (AvgIpc) is 2.73. The van der Waals surface area contributed by atoms with E-state index < -0.39 is 6.04 Å². The highest BCUT2D eigenvalue weighted by molar-refractivity contribution is 5.88. The van der Waals surface area contributed by atoms with E-state index in [0.717, 1.165) is 16.9 Å². The third-order valence-electron chi connectivity index (χ3n) is 4.89. The highest BCUT2D eigenvalue weighted by Crippen LogP contribution is 2.19. The van der Waals surface area contributed by atoms with E-state index in [4.69, 9.17) is 9.47 Å². The lowest BCUT2D eigenvalue weighted by Crippen LogP contribution is -2.53. The molecule has 0 saturated heterocycles. The quantitative estimate of drug-likeness (QED) is 0.659. The second-order valence-electron chi connectivity index (χ2n) is 8.56. The van der Waals surface area contributed by atoms with Crippen molar-refractivity contribution in [3.8, 4) is 11.5 Å². The summed E-state index contributed by atoms with van der Waals surface area (Å²) in [6.45, 7) is 8.05. The molecule has 6 nitrogen and oxygen atoms in total. The number of carbonyl (C=O) groups excluding carboxylic acids is 2. The van der Waals surface area contributed by atoms with Crippen LogP contribution in [0.25, 0.3) is 0 Å². The maximum absolute atomic E-state index is 13.4. The predicted molar refractivity (Wildman–Crippen MR) is 122 cm³/mol. The highest BCUT2D eigenvalue weighted by Gasteiger charge is 2.30. The van der Waals surface area contributed by atoms with Crippen molar-refractivity contribution in [2.45, 2.75) is 58.7 Å². The highest BCUT2D eigenvalue weighted by atomic mass is 16.5. The maximum atomic E-state index is 13.4. The van der Waals surface area contributed by atoms with Gasteiger partial charge < -0.3 is 19.7 Å². The van der Waals surface area contributed by atoms with E-state index >= 15 is 0 Å². The molecule has 2 aromatic rings. The molecule has 0 heterocycles. The molecule has 2 rings (SSSR count). The van der Waals surface area contributed by atoms with Crippen LogP contribution in [-0.2, 0) is 22.6 Å². The molecule has 0 spiro atoms. The van der Waals surface area contributed by atoms with Crippen LogP contribution in [0, 0.1) is 0 Å². The van der Waals surface area contributed by atoms with Gasteiger partial charge in [0.25, 0.3) is 0 Å². The molecule has 31 heavy (non-hydrogen) atoms. The fourth-order valence-electron chi connectivity index (χ4n) is 3.36. The van der Waals surface area contributed by atoms with Crippen LogP contribution in [0.15, 0.2) is 48.5 Å². The number of methoxy groups -OCH3 is 2. The predicted octanol–water partition coefficient (Wildman–Crippen LogP) is 3.97. The SMILES string of the molecule is CCC(C(=O)NC(C)(C)C)N(Cc1cccc(OC)c1)C(=O)Cc1ccc(OC)cc1. The Balaban J connectivity index is 2.31. The Kier molecular flexibility index (Phi) is 8.48. The fourth-order valence-corrected chi connectivity index (χ4v) is 3.36. The standard InChI is InChI=1S/C25H34N2O4/c1-7-22(24(29)26-25(2,3)4)27(17-19-9-8-10-21(15-19)31-6)23(28)16-18-11-13-20(30-5)14-12-18/h8-15,22H,7,16-17H2,1-6H3,(H,26,29). The first kappa shape index (κ1) is 24.3. The van der Waals surface area contributed by atoms with Gasteiger partial charge in [-0.1, -0.05) is 31.2 Å². The van der Waals surface area contributed by atoms with Crippen molar-refractivity contribution in [1.29, 1.82) is 0 Å². The van der Waals surface area contributed by atoms with Crippen LogP contribution < -0.4 is 14.8 Å². The van der Waals surface area contributed by atoms with Crippen molar-refractivity contribution in [2.24, 2.45) is 0 Å². The molecule has 0 aromatic heterocycles. The van der Waals surface area contributed by atoms with Gasteiger partial charge in [-0.3, -0.25) is 9.59 Å². The van der Waals surface area contributed by atoms with Gasteiger partial charge in [-0.15, -0.1) is 0 Å². The normalized spacial score (nSPS) is 12.1. The molecule has 168 valence electrons. The van der Waals surface area contributed by atoms with Crippen molar-refractivity contribution in [1.82, 2.24) is 10.2 Å². The van der Waals surface area contributed by atoms with Crippen LogP contribution in [0.1, 0.15) is 45.2 Å². The molecule has 1 N–H and O–H groups in total. The summed E-state index contributed by atoms with van der Waals surface area (Å²) in [7, 11) is 3.22. The lowest BCUT2D eigenvalue weighted by molar-refractivity contribution is -0.141. The smallest absolute Gasteiger partial charge is 0.243 e. The second kappa shape index (κ2) is 10.8. The monoisotopic (exact) mass is 426 g/mol. The maximum Gasteiger partial charge on any atom is 0.243 e. The van der Waals surface area contributed by atoms with Crippen molar-refractivity contribution >= 4 is 11.8 Å². The Morgan fingerprint density at radius 3 is 2.16 bits per heavy atom. The third kappa shape index (κ3) is 7.31. The van der Waals surface area contributed by atoms with Crippen molar-refractivity contribution in [3.63, 3.8) is 0 Å². The first-order valence-corrected chi connectivity index (χ1v) is 10.5. The van der Waals surface area contributed by atoms with E-state index in [1.165, 1.54) is 0 Å². The molecular weight excluding hydrogens is 392 g/mol. The van der Waals surface area contributed by atoms with Gasteiger partial charge in [0.15, 0.2) is 0 Å². The summed E-state index contributed by atoms with van der Waals surface area (Å²) in [5.41, 5.74) is 1.39. The summed E-state index contributed by atoms with van der Waals surface area (Å²) in [5.74, 6) is 1.19. The van der Waals surface area contributed by atoms with Gasteiger partial charge in [0, 0.05) is 12.1 Å². The number of nitrogens with zero attached hydrogens (tertiary/aromatic N) is 1. The molecule has 2 amide bonds. The van der Waals surface area contributed by atoms with Crippen LogP contribution in [0.5, 0.6) is 11.5 Å². The molecule has 0 fully saturated rings. The van der Waals surface area contributed by atoms with Crippen LogP contribution in [0.2, 0.25) is 0 Å². The number of benzene rings is 2. The molecule has 0 bridgehead atoms. The summed E-state index contributed by atoms with van der Waals surface area (Å²) < 4.78 is 10.5. The van der Waals surface area contributed by atoms with Gasteiger partial charge in [0.05, 0.1) is 20.6 Å². The molecule has 1 unspecified atom stereocenters. The minimum Gasteiger partial charge on any atom is -0.497 e. The van der Waals surface area contributed by atoms with E-state index in [2.05, 4.69) is 5.32 Å². The Morgan fingerprint density at radius 2 is 1.61 bits per heavy atom. The Bertz CT molecular complexity index is 872. The molecule has 0 radical (unpaired) electrons. The summed E-state index contributed by atoms with van der Waals surface area (Å²) in [5, 5.41) is 3.02. The number of hydrogen-bond donors (Lipinski definition) is 1. The van der Waals surface area contributed by atoms with E-state index in [0.29, 0.717) is 18.7 Å². The Morgan fingerprint density at radius 1 is 0.968 bits per heavy atom. The van der Waals surface area contributed by atoms with Crippen molar-refractivity contribution in [2.75, 3.05) is 14.2 Å². The fraction of sp³-hybridized carbons (Fsp3) is 0.440. The number of hydrogen-bond acceptors (Lipinski definition) is 4. The Labute approximate surface area is 185 Å². The van der Waals surface area contributed by atoms with E-state index in [1.54, 1.807) is 19.1 Å². The molecule has 0 saturated carbocycles. The molecule has 1 atom stereocenters. The molecule has 0 aliphatic rings. The van der Waals surface area contributed by atoms with Crippen LogP contribution in [-0.4, -0.2) is 42.5 Å². The van der Waals surface area contributed by atoms with Crippen LogP contribution in [0.3, 0.4) is 0 Å². The lowest BCUT2D eigenvalue weighted by Gasteiger charge is -2.33. The summed E-state index contributed by atoms with van der Waals surface area (Å²) >= 11 is 0. The molecule has 0 aliphatic carbocycles. The van der Waals surface area contributed by atoms with E-state index in [9.17, 15) is 9.59 Å². The van der Waals surface area contributed by atoms with Gasteiger partial charge >= 0.3 is 0 Å². The van der Waals surface area contributed by atoms with Crippen molar-refractivity contribution in [3.05, 3.63) is 59.7 Å². The summed E-state index contributed by atoms with van der Waals surface area (Å²) in [4.78, 5) is 28.1. The van der Waals surface area contributed by atoms with Crippen LogP contribution in [0.4, 0.5) is 0 Å². The zero-order valence-corrected chi connectivity index (χ0v) is 19.4. The first-order chi connectivity index (χ1) is 14.7. The minimum atomic E-state index is -0.573. The topological polar surface area (TPSA) is 67.9 Å². The number of nitrogens with one attached hydrogen (secondary N) is 1. The van der Waals surface area contributed by atoms with E-state index in [-0.39, 0.29) is 23.8 Å². The molecule has 0 aliphatic heterocycles. The summed E-state index contributed by atoms with van der Waals surface area (Å²) in [6, 6.07) is 14.4. The van der Waals surface area contributed by atoms with Crippen LogP contribution >= 0.6 is 0 Å². The molecule has 2 aromatic carbocycles. The number of rotatable bonds is 9. The largest absolute Gasteiger partial charge is 0.497 e. The third-order valence-corrected chi connectivity index (χ3v) is 4.89.